The van der Waals surface area contributed by atoms with Crippen LogP contribution in [0.15, 0.2) is 18.2 Å². The number of fused-ring (bicyclic) bond motifs is 1. The van der Waals surface area contributed by atoms with Gasteiger partial charge in [0.2, 0.25) is 0 Å². The number of alkyl halides is 6. The lowest BCUT2D eigenvalue weighted by atomic mass is 9.86. The summed E-state index contributed by atoms with van der Waals surface area (Å²) in [5.74, 6) is -5.36. The van der Waals surface area contributed by atoms with Gasteiger partial charge in [-0.15, -0.1) is 0 Å². The van der Waals surface area contributed by atoms with Crippen LogP contribution in [0.4, 0.5) is 26.3 Å². The van der Waals surface area contributed by atoms with E-state index < -0.39 is 35.1 Å². The van der Waals surface area contributed by atoms with E-state index in [9.17, 15) is 35.9 Å². The van der Waals surface area contributed by atoms with Crippen molar-refractivity contribution in [2.45, 2.75) is 37.7 Å². The molecule has 0 fully saturated rings. The average Bonchev–Trinajstić information content (AvgIpc) is 2.52. The van der Waals surface area contributed by atoms with Gasteiger partial charge >= 0.3 is 24.2 Å². The third kappa shape index (κ3) is 3.88. The lowest BCUT2D eigenvalue weighted by molar-refractivity contribution is -0.207. The first-order chi connectivity index (χ1) is 11.5. The molecule has 0 aromatic heterocycles. The molecule has 0 N–H and O–H groups in total. The molecule has 10 heteroatoms. The van der Waals surface area contributed by atoms with Gasteiger partial charge in [0.05, 0.1) is 7.11 Å². The second kappa shape index (κ2) is 6.57. The molecule has 1 aliphatic carbocycles. The number of carbonyl (C=O) groups excluding carboxylic acids is 2. The molecule has 1 unspecified atom stereocenters. The van der Waals surface area contributed by atoms with Gasteiger partial charge < -0.3 is 4.74 Å². The van der Waals surface area contributed by atoms with Crippen LogP contribution in [-0.2, 0) is 22.4 Å². The molecule has 0 saturated carbocycles. The Morgan fingerprint density at radius 1 is 1.08 bits per heavy atom. The van der Waals surface area contributed by atoms with E-state index in [-0.39, 0.29) is 25.0 Å². The van der Waals surface area contributed by atoms with E-state index >= 15 is 0 Å². The van der Waals surface area contributed by atoms with Crippen molar-refractivity contribution >= 4 is 11.8 Å². The number of imide groups is 1. The summed E-state index contributed by atoms with van der Waals surface area (Å²) in [4.78, 5) is 22.2. The van der Waals surface area contributed by atoms with Crippen LogP contribution >= 0.6 is 0 Å². The molecule has 1 atom stereocenters. The monoisotopic (exact) mass is 369 g/mol. The van der Waals surface area contributed by atoms with Gasteiger partial charge in [0.25, 0.3) is 0 Å². The van der Waals surface area contributed by atoms with E-state index in [0.29, 0.717) is 11.1 Å². The highest BCUT2D eigenvalue weighted by atomic mass is 19.4. The summed E-state index contributed by atoms with van der Waals surface area (Å²) in [5.41, 5.74) is 1.07. The van der Waals surface area contributed by atoms with Crippen molar-refractivity contribution in [3.8, 4) is 5.75 Å². The molecule has 0 bridgehead atoms. The smallest absolute Gasteiger partial charge is 0.471 e. The van der Waals surface area contributed by atoms with Gasteiger partial charge in [-0.2, -0.15) is 26.3 Å². The lowest BCUT2D eigenvalue weighted by Gasteiger charge is -2.34. The van der Waals surface area contributed by atoms with Crippen molar-refractivity contribution in [1.82, 2.24) is 4.90 Å². The third-order valence-corrected chi connectivity index (χ3v) is 3.92. The Bertz CT molecular complexity index is 643. The summed E-state index contributed by atoms with van der Waals surface area (Å²) < 4.78 is 81.3. The summed E-state index contributed by atoms with van der Waals surface area (Å²) in [5, 5.41) is 0. The number of halogens is 6. The van der Waals surface area contributed by atoms with Gasteiger partial charge in [0.15, 0.2) is 0 Å². The van der Waals surface area contributed by atoms with Crippen LogP contribution in [0.25, 0.3) is 0 Å². The molecular formula is C15H13F6NO3. The molecule has 2 rings (SSSR count). The number of hydrogen-bond donors (Lipinski definition) is 0. The number of benzene rings is 1. The number of hydrogen-bond acceptors (Lipinski definition) is 3. The van der Waals surface area contributed by atoms with Gasteiger partial charge in [0.1, 0.15) is 5.75 Å². The maximum atomic E-state index is 12.7. The second-order valence-electron chi connectivity index (χ2n) is 5.47. The van der Waals surface area contributed by atoms with Crippen molar-refractivity contribution in [2.75, 3.05) is 7.11 Å². The van der Waals surface area contributed by atoms with Crippen LogP contribution in [0.2, 0.25) is 0 Å². The quantitative estimate of drug-likeness (QED) is 0.753. The maximum Gasteiger partial charge on any atom is 0.471 e. The van der Waals surface area contributed by atoms with Crippen molar-refractivity contribution in [3.05, 3.63) is 29.3 Å². The SMILES string of the molecule is COc1cccc2c1CC(N(C(=O)C(F)(F)F)C(=O)C(F)(F)F)CC2. The Labute approximate surface area is 138 Å². The number of amides is 2. The fourth-order valence-corrected chi connectivity index (χ4v) is 2.85. The molecule has 0 saturated heterocycles. The summed E-state index contributed by atoms with van der Waals surface area (Å²) >= 11 is 0. The normalized spacial score (nSPS) is 17.6. The molecule has 1 aromatic rings. The van der Waals surface area contributed by atoms with Crippen molar-refractivity contribution in [2.24, 2.45) is 0 Å². The first kappa shape index (κ1) is 19.1. The highest BCUT2D eigenvalue weighted by molar-refractivity contribution is 6.00. The molecule has 4 nitrogen and oxygen atoms in total. The molecule has 2 amide bonds. The minimum Gasteiger partial charge on any atom is -0.496 e. The zero-order valence-electron chi connectivity index (χ0n) is 12.9. The summed E-state index contributed by atoms with van der Waals surface area (Å²) in [6, 6.07) is 3.24. The Morgan fingerprint density at radius 2 is 1.64 bits per heavy atom. The number of nitrogens with zero attached hydrogens (tertiary/aromatic N) is 1. The molecule has 25 heavy (non-hydrogen) atoms. The Balaban J connectivity index is 2.42. The van der Waals surface area contributed by atoms with Crippen molar-refractivity contribution < 1.29 is 40.7 Å². The first-order valence-corrected chi connectivity index (χ1v) is 7.13. The molecule has 0 spiro atoms. The van der Waals surface area contributed by atoms with Gasteiger partial charge in [-0.1, -0.05) is 12.1 Å². The number of methoxy groups -OCH3 is 1. The van der Waals surface area contributed by atoms with Crippen LogP contribution < -0.4 is 4.74 Å². The van der Waals surface area contributed by atoms with E-state index in [1.165, 1.54) is 13.2 Å². The fourth-order valence-electron chi connectivity index (χ4n) is 2.85. The van der Waals surface area contributed by atoms with Crippen LogP contribution in [0, 0.1) is 0 Å². The topological polar surface area (TPSA) is 46.6 Å². The standard InChI is InChI=1S/C15H13F6NO3/c1-25-11-4-2-3-8-5-6-9(7-10(8)11)22(12(23)14(16,17)18)13(24)15(19,20)21/h2-4,9H,5-7H2,1H3. The summed E-state index contributed by atoms with van der Waals surface area (Å²) in [7, 11) is 1.30. The van der Waals surface area contributed by atoms with Crippen LogP contribution in [0.1, 0.15) is 17.5 Å². The summed E-state index contributed by atoms with van der Waals surface area (Å²) in [6.07, 6.45) is -11.6. The minimum atomic E-state index is -5.60. The van der Waals surface area contributed by atoms with Crippen molar-refractivity contribution in [3.63, 3.8) is 0 Å². The average molecular weight is 369 g/mol. The Hall–Kier alpha value is -2.26. The zero-order valence-corrected chi connectivity index (χ0v) is 12.9. The fraction of sp³-hybridized carbons (Fsp3) is 0.467. The molecule has 138 valence electrons. The van der Waals surface area contributed by atoms with E-state index in [4.69, 9.17) is 4.74 Å². The van der Waals surface area contributed by atoms with Crippen molar-refractivity contribution in [1.29, 1.82) is 0 Å². The molecule has 0 heterocycles. The van der Waals surface area contributed by atoms with Gasteiger partial charge in [0, 0.05) is 6.04 Å². The largest absolute Gasteiger partial charge is 0.496 e. The molecule has 1 aliphatic rings. The zero-order chi connectivity index (χ0) is 19.0. The number of ether oxygens (including phenoxy) is 1. The predicted octanol–water partition coefficient (Wildman–Crippen LogP) is 3.03. The van der Waals surface area contributed by atoms with Gasteiger partial charge in [-0.25, -0.2) is 0 Å². The Morgan fingerprint density at radius 3 is 2.12 bits per heavy atom. The third-order valence-electron chi connectivity index (χ3n) is 3.92. The van der Waals surface area contributed by atoms with Crippen LogP contribution in [0.5, 0.6) is 5.75 Å². The first-order valence-electron chi connectivity index (χ1n) is 7.13. The second-order valence-corrected chi connectivity index (χ2v) is 5.47. The van der Waals surface area contributed by atoms with E-state index in [1.807, 2.05) is 0 Å². The van der Waals surface area contributed by atoms with E-state index in [2.05, 4.69) is 0 Å². The maximum absolute atomic E-state index is 12.7. The molecular weight excluding hydrogens is 356 g/mol. The highest BCUT2D eigenvalue weighted by Crippen LogP contribution is 2.34. The van der Waals surface area contributed by atoms with E-state index in [1.54, 1.807) is 12.1 Å². The van der Waals surface area contributed by atoms with Gasteiger partial charge in [-0.3, -0.25) is 14.5 Å². The lowest BCUT2D eigenvalue weighted by Crippen LogP contribution is -2.56. The van der Waals surface area contributed by atoms with E-state index in [0.717, 1.165) is 0 Å². The summed E-state index contributed by atoms with van der Waals surface area (Å²) in [6.45, 7) is 0. The highest BCUT2D eigenvalue weighted by Gasteiger charge is 2.54. The van der Waals surface area contributed by atoms with Gasteiger partial charge in [-0.05, 0) is 36.5 Å². The predicted molar refractivity (Wildman–Crippen MR) is 72.8 cm³/mol. The van der Waals surface area contributed by atoms with Crippen LogP contribution in [-0.4, -0.2) is 42.2 Å². The number of carbonyl (C=O) groups is 2. The number of aryl methyl sites for hydroxylation is 1. The molecule has 0 aliphatic heterocycles. The van der Waals surface area contributed by atoms with Crippen LogP contribution in [0.3, 0.4) is 0 Å². The molecule has 0 radical (unpaired) electrons. The minimum absolute atomic E-state index is 0.115. The number of rotatable bonds is 2. The molecule has 1 aromatic carbocycles. The Kier molecular flexibility index (Phi) is 5.01.